The number of ether oxygens (including phenoxy) is 1. The number of hydrogen-bond donors (Lipinski definition) is 0. The molecule has 0 bridgehead atoms. The summed E-state index contributed by atoms with van der Waals surface area (Å²) in [6.45, 7) is 3.60. The molecule has 2 atom stereocenters. The molecule has 1 fully saturated rings. The van der Waals surface area contributed by atoms with Gasteiger partial charge in [0.2, 0.25) is 0 Å². The second-order valence-electron chi connectivity index (χ2n) is 2.54. The molecule has 0 aromatic rings. The molecule has 0 radical (unpaired) electrons. The molecule has 2 unspecified atom stereocenters. The van der Waals surface area contributed by atoms with E-state index in [-0.39, 0.29) is 23.8 Å². The molecule has 0 saturated carbocycles. The maximum Gasteiger partial charge on any atom is 0.317 e. The van der Waals surface area contributed by atoms with Gasteiger partial charge >= 0.3 is 11.9 Å². The molecule has 10 heavy (non-hydrogen) atoms. The smallest absolute Gasteiger partial charge is 0.317 e. The molecule has 3 nitrogen and oxygen atoms in total. The number of hydrogen-bond acceptors (Lipinski definition) is 3. The molecular formula is C7H10O3. The predicted molar refractivity (Wildman–Crippen MR) is 34.0 cm³/mol. The normalized spacial score (nSPS) is 32.6. The van der Waals surface area contributed by atoms with Crippen molar-refractivity contribution in [2.75, 3.05) is 0 Å². The van der Waals surface area contributed by atoms with E-state index < -0.39 is 0 Å². The second kappa shape index (κ2) is 2.40. The van der Waals surface area contributed by atoms with Gasteiger partial charge in [0.25, 0.3) is 0 Å². The highest BCUT2D eigenvalue weighted by molar-refractivity contribution is 5.96. The Balaban J connectivity index is 2.73. The molecule has 0 N–H and O–H groups in total. The number of rotatable bonds is 1. The van der Waals surface area contributed by atoms with Crippen molar-refractivity contribution < 1.29 is 14.3 Å². The van der Waals surface area contributed by atoms with E-state index in [9.17, 15) is 9.59 Å². The fraction of sp³-hybridized carbons (Fsp3) is 0.714. The van der Waals surface area contributed by atoms with Crippen LogP contribution in [-0.2, 0) is 14.3 Å². The Kier molecular flexibility index (Phi) is 1.74. The fourth-order valence-electron chi connectivity index (χ4n) is 1.16. The van der Waals surface area contributed by atoms with Crippen LogP contribution in [-0.4, -0.2) is 11.9 Å². The molecule has 1 aliphatic heterocycles. The van der Waals surface area contributed by atoms with E-state index in [1.165, 1.54) is 0 Å². The summed E-state index contributed by atoms with van der Waals surface area (Å²) >= 11 is 0. The molecule has 0 amide bonds. The summed E-state index contributed by atoms with van der Waals surface area (Å²) in [5.41, 5.74) is 0. The third kappa shape index (κ3) is 0.916. The van der Waals surface area contributed by atoms with E-state index in [4.69, 9.17) is 0 Å². The first-order valence-electron chi connectivity index (χ1n) is 3.42. The Hall–Kier alpha value is -0.860. The largest absolute Gasteiger partial charge is 0.393 e. The molecule has 3 heteroatoms. The number of cyclic esters (lactones) is 2. The van der Waals surface area contributed by atoms with E-state index >= 15 is 0 Å². The summed E-state index contributed by atoms with van der Waals surface area (Å²) in [7, 11) is 0. The van der Waals surface area contributed by atoms with Gasteiger partial charge < -0.3 is 4.74 Å². The van der Waals surface area contributed by atoms with E-state index in [0.29, 0.717) is 6.42 Å². The van der Waals surface area contributed by atoms with Gasteiger partial charge in [0.1, 0.15) is 0 Å². The SMILES string of the molecule is CCC1C(=O)OC(=O)C1C. The summed E-state index contributed by atoms with van der Waals surface area (Å²) in [6, 6.07) is 0. The van der Waals surface area contributed by atoms with Gasteiger partial charge in [-0.05, 0) is 6.42 Å². The van der Waals surface area contributed by atoms with Crippen LogP contribution < -0.4 is 0 Å². The van der Waals surface area contributed by atoms with Crippen molar-refractivity contribution >= 4 is 11.9 Å². The highest BCUT2D eigenvalue weighted by Gasteiger charge is 2.39. The molecular weight excluding hydrogens is 132 g/mol. The fourth-order valence-corrected chi connectivity index (χ4v) is 1.16. The summed E-state index contributed by atoms with van der Waals surface area (Å²) in [5.74, 6) is -1.18. The summed E-state index contributed by atoms with van der Waals surface area (Å²) in [4.78, 5) is 21.5. The lowest BCUT2D eigenvalue weighted by atomic mass is 9.95. The molecule has 1 aliphatic rings. The average Bonchev–Trinajstić information content (AvgIpc) is 2.09. The van der Waals surface area contributed by atoms with Crippen molar-refractivity contribution in [1.82, 2.24) is 0 Å². The highest BCUT2D eigenvalue weighted by Crippen LogP contribution is 2.25. The third-order valence-electron chi connectivity index (χ3n) is 1.92. The van der Waals surface area contributed by atoms with Crippen molar-refractivity contribution in [1.29, 1.82) is 0 Å². The van der Waals surface area contributed by atoms with Crippen LogP contribution in [0.2, 0.25) is 0 Å². The molecule has 56 valence electrons. The van der Waals surface area contributed by atoms with E-state index in [0.717, 1.165) is 0 Å². The first-order valence-corrected chi connectivity index (χ1v) is 3.42. The van der Waals surface area contributed by atoms with Gasteiger partial charge in [-0.1, -0.05) is 13.8 Å². The first-order chi connectivity index (χ1) is 4.66. The number of carbonyl (C=O) groups excluding carboxylic acids is 2. The van der Waals surface area contributed by atoms with E-state index in [1.54, 1.807) is 6.92 Å². The second-order valence-corrected chi connectivity index (χ2v) is 2.54. The Morgan fingerprint density at radius 3 is 2.20 bits per heavy atom. The summed E-state index contributed by atoms with van der Waals surface area (Å²) < 4.78 is 4.40. The standard InChI is InChI=1S/C7H10O3/c1-3-5-4(2)6(8)10-7(5)9/h4-5H,3H2,1-2H3. The summed E-state index contributed by atoms with van der Waals surface area (Å²) in [6.07, 6.45) is 0.686. The van der Waals surface area contributed by atoms with Gasteiger partial charge in [0, 0.05) is 0 Å². The predicted octanol–water partition coefficient (Wildman–Crippen LogP) is 0.732. The van der Waals surface area contributed by atoms with Gasteiger partial charge in [0.15, 0.2) is 0 Å². The van der Waals surface area contributed by atoms with Crippen molar-refractivity contribution in [3.05, 3.63) is 0 Å². The van der Waals surface area contributed by atoms with Gasteiger partial charge in [-0.15, -0.1) is 0 Å². The maximum atomic E-state index is 10.8. The zero-order valence-electron chi connectivity index (χ0n) is 6.09. The lowest BCUT2D eigenvalue weighted by Gasteiger charge is -2.02. The van der Waals surface area contributed by atoms with Gasteiger partial charge in [-0.3, -0.25) is 9.59 Å². The first kappa shape index (κ1) is 7.25. The monoisotopic (exact) mass is 142 g/mol. The van der Waals surface area contributed by atoms with Gasteiger partial charge in [-0.2, -0.15) is 0 Å². The number of esters is 2. The quantitative estimate of drug-likeness (QED) is 0.400. The Bertz CT molecular complexity index is 174. The molecule has 1 saturated heterocycles. The molecule has 0 aromatic heterocycles. The van der Waals surface area contributed by atoms with Crippen LogP contribution in [0, 0.1) is 11.8 Å². The molecule has 0 aromatic carbocycles. The van der Waals surface area contributed by atoms with Crippen LogP contribution >= 0.6 is 0 Å². The molecule has 1 rings (SSSR count). The Morgan fingerprint density at radius 2 is 2.00 bits per heavy atom. The molecule has 1 heterocycles. The van der Waals surface area contributed by atoms with Crippen LogP contribution in [0.3, 0.4) is 0 Å². The topological polar surface area (TPSA) is 43.4 Å². The average molecular weight is 142 g/mol. The third-order valence-corrected chi connectivity index (χ3v) is 1.92. The zero-order chi connectivity index (χ0) is 7.72. The minimum absolute atomic E-state index is 0.201. The van der Waals surface area contributed by atoms with Crippen LogP contribution in [0.15, 0.2) is 0 Å². The minimum Gasteiger partial charge on any atom is -0.393 e. The number of carbonyl (C=O) groups is 2. The Morgan fingerprint density at radius 1 is 1.40 bits per heavy atom. The van der Waals surface area contributed by atoms with Crippen LogP contribution in [0.5, 0.6) is 0 Å². The van der Waals surface area contributed by atoms with Gasteiger partial charge in [0.05, 0.1) is 11.8 Å². The van der Waals surface area contributed by atoms with E-state index in [1.807, 2.05) is 6.92 Å². The van der Waals surface area contributed by atoms with Crippen molar-refractivity contribution in [2.24, 2.45) is 11.8 Å². The molecule has 0 spiro atoms. The maximum absolute atomic E-state index is 10.8. The van der Waals surface area contributed by atoms with Crippen LogP contribution in [0.25, 0.3) is 0 Å². The van der Waals surface area contributed by atoms with Gasteiger partial charge in [-0.25, -0.2) is 0 Å². The summed E-state index contributed by atoms with van der Waals surface area (Å²) in [5, 5.41) is 0. The van der Waals surface area contributed by atoms with Crippen molar-refractivity contribution in [3.8, 4) is 0 Å². The minimum atomic E-state index is -0.378. The van der Waals surface area contributed by atoms with Crippen LogP contribution in [0.4, 0.5) is 0 Å². The lowest BCUT2D eigenvalue weighted by Crippen LogP contribution is -2.12. The lowest BCUT2D eigenvalue weighted by molar-refractivity contribution is -0.153. The Labute approximate surface area is 59.4 Å². The van der Waals surface area contributed by atoms with Crippen molar-refractivity contribution in [2.45, 2.75) is 20.3 Å². The van der Waals surface area contributed by atoms with Crippen molar-refractivity contribution in [3.63, 3.8) is 0 Å². The zero-order valence-corrected chi connectivity index (χ0v) is 6.09. The van der Waals surface area contributed by atoms with E-state index in [2.05, 4.69) is 4.74 Å². The highest BCUT2D eigenvalue weighted by atomic mass is 16.6. The van der Waals surface area contributed by atoms with Crippen LogP contribution in [0.1, 0.15) is 20.3 Å². The molecule has 0 aliphatic carbocycles.